The number of carbonyl (C=O) groups excluding carboxylic acids is 2. The first-order chi connectivity index (χ1) is 12.5. The Morgan fingerprint density at radius 3 is 2.46 bits per heavy atom. The van der Waals surface area contributed by atoms with Gasteiger partial charge in [-0.2, -0.15) is 0 Å². The van der Waals surface area contributed by atoms with Gasteiger partial charge in [0.15, 0.2) is 0 Å². The van der Waals surface area contributed by atoms with E-state index in [-0.39, 0.29) is 38.4 Å². The van der Waals surface area contributed by atoms with Crippen LogP contribution in [0, 0.1) is 10.1 Å². The second-order valence-electron chi connectivity index (χ2n) is 6.04. The Bertz CT molecular complexity index is 1070. The molecule has 26 heavy (non-hydrogen) atoms. The van der Waals surface area contributed by atoms with Gasteiger partial charge in [0.25, 0.3) is 0 Å². The number of nitrogens with zero attached hydrogens (tertiary/aromatic N) is 2. The maximum Gasteiger partial charge on any atom is 0.325 e. The Kier molecular flexibility index (Phi) is 3.73. The summed E-state index contributed by atoms with van der Waals surface area (Å²) in [7, 11) is 0. The zero-order chi connectivity index (χ0) is 18.4. The van der Waals surface area contributed by atoms with Crippen LogP contribution in [0.2, 0.25) is 0 Å². The molecule has 4 rings (SSSR count). The van der Waals surface area contributed by atoms with E-state index in [4.69, 9.17) is 0 Å². The van der Waals surface area contributed by atoms with Crippen molar-refractivity contribution in [2.45, 2.75) is 12.8 Å². The lowest BCUT2D eigenvalue weighted by Crippen LogP contribution is -2.21. The third kappa shape index (κ3) is 2.44. The predicted molar refractivity (Wildman–Crippen MR) is 96.0 cm³/mol. The van der Waals surface area contributed by atoms with Gasteiger partial charge in [0.05, 0.1) is 20.9 Å². The molecule has 128 valence electrons. The fourth-order valence-corrected chi connectivity index (χ4v) is 3.99. The molecule has 3 aromatic rings. The van der Waals surface area contributed by atoms with Crippen LogP contribution in [0.15, 0.2) is 48.7 Å². The van der Waals surface area contributed by atoms with E-state index in [0.29, 0.717) is 0 Å². The Labute approximate surface area is 152 Å². The average molecular weight is 364 g/mol. The van der Waals surface area contributed by atoms with Crippen molar-refractivity contribution < 1.29 is 14.5 Å². The second kappa shape index (κ2) is 5.96. The van der Waals surface area contributed by atoms with Crippen LogP contribution in [0.1, 0.15) is 55.3 Å². The van der Waals surface area contributed by atoms with Crippen molar-refractivity contribution >= 4 is 27.9 Å². The molecule has 0 saturated heterocycles. The highest BCUT2D eigenvalue weighted by Crippen LogP contribution is 2.37. The molecule has 2 heterocycles. The number of rotatable bonds is 3. The van der Waals surface area contributed by atoms with Gasteiger partial charge in [0.2, 0.25) is 11.6 Å². The molecule has 0 saturated carbocycles. The summed E-state index contributed by atoms with van der Waals surface area (Å²) >= 11 is 0.732. The lowest BCUT2D eigenvalue weighted by Gasteiger charge is -2.17. The SMILES string of the molecule is CC(c1ccccc1)c1cnc2c(c1)C(=O)c1sc([N+](=O)[O-])cc1C2=O. The number of ketones is 2. The van der Waals surface area contributed by atoms with Gasteiger partial charge in [-0.3, -0.25) is 24.7 Å². The van der Waals surface area contributed by atoms with Crippen molar-refractivity contribution in [3.8, 4) is 0 Å². The number of hydrogen-bond acceptors (Lipinski definition) is 6. The first-order valence-electron chi connectivity index (χ1n) is 7.90. The zero-order valence-corrected chi connectivity index (χ0v) is 14.4. The minimum absolute atomic E-state index is 0.00373. The molecule has 1 unspecified atom stereocenters. The Balaban J connectivity index is 1.80. The summed E-state index contributed by atoms with van der Waals surface area (Å²) in [5.41, 5.74) is 2.20. The number of fused-ring (bicyclic) bond motifs is 2. The fraction of sp³-hybridized carbons (Fsp3) is 0.105. The van der Waals surface area contributed by atoms with Gasteiger partial charge >= 0.3 is 5.00 Å². The van der Waals surface area contributed by atoms with E-state index in [9.17, 15) is 19.7 Å². The van der Waals surface area contributed by atoms with Gasteiger partial charge < -0.3 is 0 Å². The molecule has 0 amide bonds. The number of aromatic nitrogens is 1. The molecule has 0 aliphatic heterocycles. The lowest BCUT2D eigenvalue weighted by atomic mass is 9.88. The van der Waals surface area contributed by atoms with Gasteiger partial charge in [0.1, 0.15) is 5.69 Å². The molecule has 1 aliphatic rings. The summed E-state index contributed by atoms with van der Waals surface area (Å²) < 4.78 is 0. The third-order valence-corrected chi connectivity index (χ3v) is 5.60. The van der Waals surface area contributed by atoms with E-state index in [0.717, 1.165) is 28.5 Å². The molecular formula is C19H12N2O4S. The highest BCUT2D eigenvalue weighted by atomic mass is 32.1. The molecule has 1 aromatic carbocycles. The Hall–Kier alpha value is -3.19. The maximum absolute atomic E-state index is 12.8. The van der Waals surface area contributed by atoms with Crippen LogP contribution in [0.25, 0.3) is 0 Å². The summed E-state index contributed by atoms with van der Waals surface area (Å²) in [5.74, 6) is -0.837. The van der Waals surface area contributed by atoms with E-state index in [1.807, 2.05) is 37.3 Å². The lowest BCUT2D eigenvalue weighted by molar-refractivity contribution is -0.380. The maximum atomic E-state index is 12.8. The number of nitro groups is 1. The fourth-order valence-electron chi connectivity index (χ4n) is 3.06. The van der Waals surface area contributed by atoms with E-state index in [1.165, 1.54) is 0 Å². The van der Waals surface area contributed by atoms with Crippen LogP contribution in [-0.4, -0.2) is 21.5 Å². The summed E-state index contributed by atoms with van der Waals surface area (Å²) in [6, 6.07) is 12.6. The first kappa shape index (κ1) is 16.3. The van der Waals surface area contributed by atoms with Crippen LogP contribution >= 0.6 is 11.3 Å². The Morgan fingerprint density at radius 1 is 1.04 bits per heavy atom. The number of thiophene rings is 1. The topological polar surface area (TPSA) is 90.2 Å². The average Bonchev–Trinajstić information content (AvgIpc) is 3.12. The Morgan fingerprint density at radius 2 is 1.77 bits per heavy atom. The van der Waals surface area contributed by atoms with Crippen molar-refractivity contribution in [2.75, 3.05) is 0 Å². The molecule has 0 spiro atoms. The van der Waals surface area contributed by atoms with Crippen LogP contribution in [-0.2, 0) is 0 Å². The van der Waals surface area contributed by atoms with Gasteiger partial charge in [-0.05, 0) is 17.2 Å². The van der Waals surface area contributed by atoms with Crippen LogP contribution in [0.4, 0.5) is 5.00 Å². The van der Waals surface area contributed by atoms with E-state index in [2.05, 4.69) is 4.98 Å². The van der Waals surface area contributed by atoms with Crippen molar-refractivity contribution in [2.24, 2.45) is 0 Å². The van der Waals surface area contributed by atoms with E-state index in [1.54, 1.807) is 12.3 Å². The molecule has 1 atom stereocenters. The summed E-state index contributed by atoms with van der Waals surface area (Å²) in [6.45, 7) is 2.00. The molecular weight excluding hydrogens is 352 g/mol. The van der Waals surface area contributed by atoms with Crippen molar-refractivity contribution in [1.82, 2.24) is 4.98 Å². The summed E-state index contributed by atoms with van der Waals surface area (Å²) in [4.78, 5) is 40.1. The normalized spacial score (nSPS) is 13.9. The van der Waals surface area contributed by atoms with Crippen LogP contribution in [0.5, 0.6) is 0 Å². The van der Waals surface area contributed by atoms with Gasteiger partial charge in [-0.15, -0.1) is 0 Å². The molecule has 0 radical (unpaired) electrons. The minimum Gasteiger partial charge on any atom is -0.288 e. The summed E-state index contributed by atoms with van der Waals surface area (Å²) in [5, 5.41) is 10.8. The number of pyridine rings is 1. The van der Waals surface area contributed by atoms with E-state index < -0.39 is 10.7 Å². The molecule has 7 heteroatoms. The molecule has 0 fully saturated rings. The smallest absolute Gasteiger partial charge is 0.288 e. The van der Waals surface area contributed by atoms with Gasteiger partial charge in [-0.1, -0.05) is 48.6 Å². The standard InChI is InChI=1S/C19H12N2O4S/c1-10(11-5-3-2-4-6-11)12-7-13-16(20-9-12)17(22)14-8-15(21(24)25)26-19(14)18(13)23/h2-10H,1H3. The number of hydrogen-bond donors (Lipinski definition) is 0. The van der Waals surface area contributed by atoms with Crippen molar-refractivity contribution in [1.29, 1.82) is 0 Å². The molecule has 1 aliphatic carbocycles. The quantitative estimate of drug-likeness (QED) is 0.405. The largest absolute Gasteiger partial charge is 0.325 e. The molecule has 0 bridgehead atoms. The molecule has 0 N–H and O–H groups in total. The predicted octanol–water partition coefficient (Wildman–Crippen LogP) is 3.98. The first-order valence-corrected chi connectivity index (χ1v) is 8.71. The molecule has 2 aromatic heterocycles. The van der Waals surface area contributed by atoms with Crippen LogP contribution < -0.4 is 0 Å². The van der Waals surface area contributed by atoms with Gasteiger partial charge in [0, 0.05) is 18.2 Å². The highest BCUT2D eigenvalue weighted by Gasteiger charge is 2.35. The zero-order valence-electron chi connectivity index (χ0n) is 13.6. The monoisotopic (exact) mass is 364 g/mol. The van der Waals surface area contributed by atoms with Crippen molar-refractivity contribution in [3.63, 3.8) is 0 Å². The number of benzene rings is 1. The minimum atomic E-state index is -0.593. The van der Waals surface area contributed by atoms with Crippen molar-refractivity contribution in [3.05, 3.63) is 91.6 Å². The highest BCUT2D eigenvalue weighted by molar-refractivity contribution is 7.17. The molecule has 6 nitrogen and oxygen atoms in total. The van der Waals surface area contributed by atoms with Crippen LogP contribution in [0.3, 0.4) is 0 Å². The summed E-state index contributed by atoms with van der Waals surface area (Å²) in [6.07, 6.45) is 1.59. The number of carbonyl (C=O) groups is 2. The van der Waals surface area contributed by atoms with E-state index >= 15 is 0 Å². The second-order valence-corrected chi connectivity index (χ2v) is 7.07. The third-order valence-electron chi connectivity index (χ3n) is 4.52. The van der Waals surface area contributed by atoms with Gasteiger partial charge in [-0.25, -0.2) is 0 Å².